The molecule has 0 spiro atoms. The number of aryl methyl sites for hydroxylation is 2. The summed E-state index contributed by atoms with van der Waals surface area (Å²) in [7, 11) is 0. The van der Waals surface area contributed by atoms with Gasteiger partial charge in [0, 0.05) is 12.6 Å². The van der Waals surface area contributed by atoms with Crippen LogP contribution in [0.4, 0.5) is 4.39 Å². The monoisotopic (exact) mass is 248 g/mol. The molecule has 5 heteroatoms. The summed E-state index contributed by atoms with van der Waals surface area (Å²) in [5.74, 6) is -0.492. The smallest absolute Gasteiger partial charge is 0.290 e. The molecule has 0 aliphatic rings. The number of amides is 1. The average molecular weight is 248 g/mol. The highest BCUT2D eigenvalue weighted by molar-refractivity contribution is 5.91. The Balaban J connectivity index is 1.99. The van der Waals surface area contributed by atoms with E-state index in [4.69, 9.17) is 4.52 Å². The Bertz CT molecular complexity index is 578. The van der Waals surface area contributed by atoms with E-state index < -0.39 is 0 Å². The van der Waals surface area contributed by atoms with Crippen LogP contribution >= 0.6 is 0 Å². The number of halogens is 1. The first kappa shape index (κ1) is 12.3. The number of nitrogens with one attached hydrogen (secondary N) is 1. The van der Waals surface area contributed by atoms with Crippen LogP contribution in [0.2, 0.25) is 0 Å². The Kier molecular flexibility index (Phi) is 3.41. The average Bonchev–Trinajstić information content (AvgIpc) is 2.77. The van der Waals surface area contributed by atoms with E-state index in [0.717, 1.165) is 0 Å². The molecule has 4 nitrogen and oxygen atoms in total. The largest absolute Gasteiger partial charge is 0.351 e. The lowest BCUT2D eigenvalue weighted by Crippen LogP contribution is -2.22. The fourth-order valence-electron chi connectivity index (χ4n) is 1.49. The molecule has 1 N–H and O–H groups in total. The van der Waals surface area contributed by atoms with Crippen LogP contribution in [0, 0.1) is 19.7 Å². The first-order chi connectivity index (χ1) is 8.56. The van der Waals surface area contributed by atoms with Crippen LogP contribution in [0.25, 0.3) is 0 Å². The molecule has 18 heavy (non-hydrogen) atoms. The number of rotatable bonds is 3. The summed E-state index contributed by atoms with van der Waals surface area (Å²) in [4.78, 5) is 11.6. The second kappa shape index (κ2) is 5.00. The summed E-state index contributed by atoms with van der Waals surface area (Å²) < 4.78 is 18.1. The number of aromatic nitrogens is 1. The number of benzene rings is 1. The number of hydrogen-bond donors (Lipinski definition) is 1. The molecule has 0 unspecified atom stereocenters. The molecule has 0 aliphatic heterocycles. The molecule has 2 aromatic rings. The van der Waals surface area contributed by atoms with E-state index in [1.54, 1.807) is 32.0 Å². The van der Waals surface area contributed by atoms with Gasteiger partial charge in [0.1, 0.15) is 5.82 Å². The predicted molar refractivity (Wildman–Crippen MR) is 63.5 cm³/mol. The Morgan fingerprint density at radius 2 is 2.17 bits per heavy atom. The van der Waals surface area contributed by atoms with E-state index in [-0.39, 0.29) is 24.0 Å². The van der Waals surface area contributed by atoms with Crippen molar-refractivity contribution < 1.29 is 13.7 Å². The van der Waals surface area contributed by atoms with Crippen molar-refractivity contribution in [3.8, 4) is 0 Å². The van der Waals surface area contributed by atoms with E-state index in [9.17, 15) is 9.18 Å². The molecule has 1 amide bonds. The SMILES string of the molecule is Cc1cc(C(=O)NCc2ccc(C)c(F)c2)on1. The van der Waals surface area contributed by atoms with Gasteiger partial charge >= 0.3 is 0 Å². The number of hydrogen-bond acceptors (Lipinski definition) is 3. The molecule has 0 atom stereocenters. The van der Waals surface area contributed by atoms with Gasteiger partial charge in [0.2, 0.25) is 5.76 Å². The minimum atomic E-state index is -0.364. The van der Waals surface area contributed by atoms with Crippen LogP contribution in [-0.4, -0.2) is 11.1 Å². The highest BCUT2D eigenvalue weighted by atomic mass is 19.1. The molecule has 0 bridgehead atoms. The fourth-order valence-corrected chi connectivity index (χ4v) is 1.49. The maximum absolute atomic E-state index is 13.3. The third-order valence-corrected chi connectivity index (χ3v) is 2.54. The van der Waals surface area contributed by atoms with Gasteiger partial charge < -0.3 is 9.84 Å². The fraction of sp³-hybridized carbons (Fsp3) is 0.231. The lowest BCUT2D eigenvalue weighted by Gasteiger charge is -2.04. The van der Waals surface area contributed by atoms with Crippen LogP contribution in [0.15, 0.2) is 28.8 Å². The summed E-state index contributed by atoms with van der Waals surface area (Å²) in [6.45, 7) is 3.67. The van der Waals surface area contributed by atoms with Gasteiger partial charge in [0.05, 0.1) is 5.69 Å². The van der Waals surface area contributed by atoms with Crippen LogP contribution in [0.5, 0.6) is 0 Å². The molecule has 0 saturated heterocycles. The van der Waals surface area contributed by atoms with Gasteiger partial charge in [-0.05, 0) is 31.0 Å². The maximum atomic E-state index is 13.3. The van der Waals surface area contributed by atoms with Crippen molar-refractivity contribution >= 4 is 5.91 Å². The van der Waals surface area contributed by atoms with Crippen LogP contribution in [0.1, 0.15) is 27.4 Å². The van der Waals surface area contributed by atoms with Gasteiger partial charge in [-0.3, -0.25) is 4.79 Å². The molecular weight excluding hydrogens is 235 g/mol. The topological polar surface area (TPSA) is 55.1 Å². The predicted octanol–water partition coefficient (Wildman–Crippen LogP) is 2.36. The van der Waals surface area contributed by atoms with Crippen molar-refractivity contribution in [1.82, 2.24) is 10.5 Å². The summed E-state index contributed by atoms with van der Waals surface area (Å²) in [6.07, 6.45) is 0. The highest BCUT2D eigenvalue weighted by Gasteiger charge is 2.11. The Labute approximate surface area is 104 Å². The van der Waals surface area contributed by atoms with Crippen molar-refractivity contribution in [2.45, 2.75) is 20.4 Å². The van der Waals surface area contributed by atoms with E-state index in [2.05, 4.69) is 10.5 Å². The molecule has 2 rings (SSSR count). The van der Waals surface area contributed by atoms with E-state index in [0.29, 0.717) is 16.8 Å². The van der Waals surface area contributed by atoms with Crippen molar-refractivity contribution in [3.05, 3.63) is 52.7 Å². The molecule has 94 valence electrons. The third kappa shape index (κ3) is 2.74. The Morgan fingerprint density at radius 3 is 2.78 bits per heavy atom. The minimum Gasteiger partial charge on any atom is -0.351 e. The van der Waals surface area contributed by atoms with E-state index in [1.165, 1.54) is 6.07 Å². The lowest BCUT2D eigenvalue weighted by atomic mass is 10.1. The van der Waals surface area contributed by atoms with Gasteiger partial charge in [-0.15, -0.1) is 0 Å². The molecule has 1 aromatic carbocycles. The number of carbonyl (C=O) groups excluding carboxylic acids is 1. The highest BCUT2D eigenvalue weighted by Crippen LogP contribution is 2.09. The molecule has 1 heterocycles. The second-order valence-electron chi connectivity index (χ2n) is 4.10. The first-order valence-electron chi connectivity index (χ1n) is 5.53. The second-order valence-corrected chi connectivity index (χ2v) is 4.10. The zero-order chi connectivity index (χ0) is 13.1. The standard InChI is InChI=1S/C13H13FN2O2/c1-8-3-4-10(6-11(8)14)7-15-13(17)12-5-9(2)16-18-12/h3-6H,7H2,1-2H3,(H,15,17). The number of carbonyl (C=O) groups is 1. The Hall–Kier alpha value is -2.17. The van der Waals surface area contributed by atoms with Crippen LogP contribution < -0.4 is 5.32 Å². The summed E-state index contributed by atoms with van der Waals surface area (Å²) >= 11 is 0. The zero-order valence-corrected chi connectivity index (χ0v) is 10.2. The summed E-state index contributed by atoms with van der Waals surface area (Å²) in [5, 5.41) is 6.26. The van der Waals surface area contributed by atoms with Crippen LogP contribution in [-0.2, 0) is 6.54 Å². The van der Waals surface area contributed by atoms with E-state index in [1.807, 2.05) is 0 Å². The molecule has 0 fully saturated rings. The summed E-state index contributed by atoms with van der Waals surface area (Å²) in [5.41, 5.74) is 1.92. The maximum Gasteiger partial charge on any atom is 0.290 e. The molecular formula is C13H13FN2O2. The van der Waals surface area contributed by atoms with Gasteiger partial charge in [0.25, 0.3) is 5.91 Å². The van der Waals surface area contributed by atoms with Gasteiger partial charge in [-0.1, -0.05) is 17.3 Å². The third-order valence-electron chi connectivity index (χ3n) is 2.54. The van der Waals surface area contributed by atoms with Crippen molar-refractivity contribution in [3.63, 3.8) is 0 Å². The minimum absolute atomic E-state index is 0.153. The molecule has 0 aliphatic carbocycles. The van der Waals surface area contributed by atoms with E-state index >= 15 is 0 Å². The quantitative estimate of drug-likeness (QED) is 0.907. The first-order valence-corrected chi connectivity index (χ1v) is 5.53. The normalized spacial score (nSPS) is 10.4. The van der Waals surface area contributed by atoms with Crippen molar-refractivity contribution in [1.29, 1.82) is 0 Å². The van der Waals surface area contributed by atoms with Crippen LogP contribution in [0.3, 0.4) is 0 Å². The van der Waals surface area contributed by atoms with Gasteiger partial charge in [0.15, 0.2) is 0 Å². The lowest BCUT2D eigenvalue weighted by molar-refractivity contribution is 0.0914. The van der Waals surface area contributed by atoms with Gasteiger partial charge in [-0.2, -0.15) is 0 Å². The summed E-state index contributed by atoms with van der Waals surface area (Å²) in [6, 6.07) is 6.39. The van der Waals surface area contributed by atoms with Crippen molar-refractivity contribution in [2.75, 3.05) is 0 Å². The zero-order valence-electron chi connectivity index (χ0n) is 10.2. The molecule has 0 saturated carbocycles. The van der Waals surface area contributed by atoms with Gasteiger partial charge in [-0.25, -0.2) is 4.39 Å². The number of nitrogens with zero attached hydrogens (tertiary/aromatic N) is 1. The van der Waals surface area contributed by atoms with Crippen molar-refractivity contribution in [2.24, 2.45) is 0 Å². The Morgan fingerprint density at radius 1 is 1.39 bits per heavy atom. The molecule has 0 radical (unpaired) electrons. The molecule has 1 aromatic heterocycles.